The van der Waals surface area contributed by atoms with Gasteiger partial charge in [0.2, 0.25) is 5.91 Å². The summed E-state index contributed by atoms with van der Waals surface area (Å²) < 4.78 is 0. The first kappa shape index (κ1) is 19.6. The minimum atomic E-state index is -1.82. The van der Waals surface area contributed by atoms with Crippen LogP contribution in [0.15, 0.2) is 24.3 Å². The van der Waals surface area contributed by atoms with Crippen LogP contribution in [0.4, 0.5) is 5.69 Å². The van der Waals surface area contributed by atoms with E-state index in [-0.39, 0.29) is 5.91 Å². The summed E-state index contributed by atoms with van der Waals surface area (Å²) in [7, 11) is 0. The second-order valence-electron chi connectivity index (χ2n) is 5.68. The average molecular weight is 336 g/mol. The second-order valence-corrected chi connectivity index (χ2v) is 5.68. The van der Waals surface area contributed by atoms with Crippen LogP contribution in [0.25, 0.3) is 0 Å². The van der Waals surface area contributed by atoms with Crippen LogP contribution in [0, 0.1) is 6.92 Å². The summed E-state index contributed by atoms with van der Waals surface area (Å²) >= 11 is 0. The molecule has 0 spiro atoms. The van der Waals surface area contributed by atoms with E-state index in [0.29, 0.717) is 6.42 Å². The third-order valence-electron chi connectivity index (χ3n) is 3.62. The van der Waals surface area contributed by atoms with Crippen molar-refractivity contribution in [1.29, 1.82) is 0 Å². The van der Waals surface area contributed by atoms with Crippen LogP contribution in [0.1, 0.15) is 31.2 Å². The summed E-state index contributed by atoms with van der Waals surface area (Å²) in [5.41, 5.74) is 2.10. The number of carbonyl (C=O) groups excluding carboxylic acids is 1. The molecule has 0 bridgehead atoms. The van der Waals surface area contributed by atoms with Crippen LogP contribution in [0.2, 0.25) is 0 Å². The zero-order chi connectivity index (χ0) is 17.9. The topological polar surface area (TPSA) is 107 Å². The highest BCUT2D eigenvalue weighted by Crippen LogP contribution is 2.11. The van der Waals surface area contributed by atoms with Crippen LogP contribution >= 0.6 is 0 Å². The number of carboxylic acids is 2. The number of carbonyl (C=O) groups is 3. The molecule has 0 radical (unpaired) electrons. The molecule has 132 valence electrons. The van der Waals surface area contributed by atoms with E-state index in [1.54, 1.807) is 0 Å². The van der Waals surface area contributed by atoms with Crippen LogP contribution in [-0.2, 0) is 14.4 Å². The molecule has 1 aromatic rings. The lowest BCUT2D eigenvalue weighted by Gasteiger charge is -2.25. The van der Waals surface area contributed by atoms with Gasteiger partial charge in [0.1, 0.15) is 0 Å². The Balaban J connectivity index is 0.000000413. The van der Waals surface area contributed by atoms with Crippen molar-refractivity contribution in [3.05, 3.63) is 29.8 Å². The molecule has 1 saturated heterocycles. The molecule has 1 amide bonds. The number of nitrogens with zero attached hydrogens (tertiary/aromatic N) is 1. The first-order valence-electron chi connectivity index (χ1n) is 7.93. The average Bonchev–Trinajstić information content (AvgIpc) is 2.56. The third kappa shape index (κ3) is 8.28. The molecule has 2 rings (SSSR count). The largest absolute Gasteiger partial charge is 0.473 e. The van der Waals surface area contributed by atoms with E-state index >= 15 is 0 Å². The van der Waals surface area contributed by atoms with Crippen molar-refractivity contribution in [2.75, 3.05) is 25.0 Å². The molecule has 7 heteroatoms. The number of hydrogen-bond donors (Lipinski definition) is 3. The van der Waals surface area contributed by atoms with Crippen LogP contribution < -0.4 is 5.32 Å². The molecule has 1 aliphatic rings. The molecule has 24 heavy (non-hydrogen) atoms. The molecule has 3 N–H and O–H groups in total. The summed E-state index contributed by atoms with van der Waals surface area (Å²) in [4.78, 5) is 32.4. The highest BCUT2D eigenvalue weighted by Gasteiger charge is 2.11. The summed E-state index contributed by atoms with van der Waals surface area (Å²) in [6.07, 6.45) is 4.49. The number of anilines is 1. The summed E-state index contributed by atoms with van der Waals surface area (Å²) in [6.45, 7) is 5.23. The van der Waals surface area contributed by atoms with Gasteiger partial charge in [0.05, 0.1) is 0 Å². The van der Waals surface area contributed by atoms with Gasteiger partial charge < -0.3 is 20.4 Å². The first-order valence-corrected chi connectivity index (χ1v) is 7.93. The van der Waals surface area contributed by atoms with E-state index < -0.39 is 11.9 Å². The lowest BCUT2D eigenvalue weighted by atomic mass is 10.1. The Labute approximate surface area is 141 Å². The van der Waals surface area contributed by atoms with E-state index in [4.69, 9.17) is 19.8 Å². The highest BCUT2D eigenvalue weighted by atomic mass is 16.4. The van der Waals surface area contributed by atoms with Gasteiger partial charge in [-0.15, -0.1) is 0 Å². The molecular weight excluding hydrogens is 312 g/mol. The minimum absolute atomic E-state index is 0.115. The number of nitrogens with one attached hydrogen (secondary N) is 1. The number of aryl methyl sites for hydroxylation is 1. The SMILES string of the molecule is Cc1ccc(NC(=O)CCN2CCCCC2)cc1.O=C(O)C(=O)O. The molecule has 0 atom stereocenters. The van der Waals surface area contributed by atoms with Gasteiger partial charge in [-0.2, -0.15) is 0 Å². The van der Waals surface area contributed by atoms with Crippen LogP contribution in [0.5, 0.6) is 0 Å². The van der Waals surface area contributed by atoms with E-state index in [9.17, 15) is 4.79 Å². The van der Waals surface area contributed by atoms with Crippen molar-refractivity contribution in [3.63, 3.8) is 0 Å². The predicted molar refractivity (Wildman–Crippen MR) is 90.0 cm³/mol. The van der Waals surface area contributed by atoms with Gasteiger partial charge in [0.25, 0.3) is 0 Å². The lowest BCUT2D eigenvalue weighted by Crippen LogP contribution is -2.32. The molecule has 1 heterocycles. The fourth-order valence-electron chi connectivity index (χ4n) is 2.30. The maximum absolute atomic E-state index is 11.8. The first-order chi connectivity index (χ1) is 11.4. The van der Waals surface area contributed by atoms with E-state index in [0.717, 1.165) is 25.3 Å². The molecule has 1 fully saturated rings. The van der Waals surface area contributed by atoms with Gasteiger partial charge >= 0.3 is 11.9 Å². The number of likely N-dealkylation sites (tertiary alicyclic amines) is 1. The quantitative estimate of drug-likeness (QED) is 0.726. The van der Waals surface area contributed by atoms with Gasteiger partial charge in [0, 0.05) is 18.7 Å². The van der Waals surface area contributed by atoms with Crippen LogP contribution in [0.3, 0.4) is 0 Å². The monoisotopic (exact) mass is 336 g/mol. The van der Waals surface area contributed by atoms with Crippen molar-refractivity contribution < 1.29 is 24.6 Å². The standard InChI is InChI=1S/C15H22N2O.C2H2O4/c1-13-5-7-14(8-6-13)16-15(18)9-12-17-10-3-2-4-11-17;3-1(4)2(5)6/h5-8H,2-4,9-12H2,1H3,(H,16,18);(H,3,4)(H,5,6). The molecule has 7 nitrogen and oxygen atoms in total. The lowest BCUT2D eigenvalue weighted by molar-refractivity contribution is -0.159. The Morgan fingerprint density at radius 1 is 1.00 bits per heavy atom. The second kappa shape index (κ2) is 10.4. The van der Waals surface area contributed by atoms with Gasteiger partial charge in [0.15, 0.2) is 0 Å². The molecule has 1 aliphatic heterocycles. The third-order valence-corrected chi connectivity index (χ3v) is 3.62. The summed E-state index contributed by atoms with van der Waals surface area (Å²) in [6, 6.07) is 7.93. The van der Waals surface area contributed by atoms with Gasteiger partial charge in [-0.05, 0) is 45.0 Å². The zero-order valence-electron chi connectivity index (χ0n) is 13.8. The van der Waals surface area contributed by atoms with Gasteiger partial charge in [-0.1, -0.05) is 24.1 Å². The zero-order valence-corrected chi connectivity index (χ0v) is 13.8. The fourth-order valence-corrected chi connectivity index (χ4v) is 2.30. The highest BCUT2D eigenvalue weighted by molar-refractivity contribution is 6.27. The van der Waals surface area contributed by atoms with Crippen molar-refractivity contribution in [3.8, 4) is 0 Å². The Kier molecular flexibility index (Phi) is 8.49. The van der Waals surface area contributed by atoms with Gasteiger partial charge in [-0.3, -0.25) is 4.79 Å². The van der Waals surface area contributed by atoms with Gasteiger partial charge in [-0.25, -0.2) is 9.59 Å². The van der Waals surface area contributed by atoms with Crippen molar-refractivity contribution in [2.45, 2.75) is 32.6 Å². The predicted octanol–water partition coefficient (Wildman–Crippen LogP) is 1.97. The number of carboxylic acid groups (broad SMARTS) is 2. The summed E-state index contributed by atoms with van der Waals surface area (Å²) in [5, 5.41) is 17.7. The van der Waals surface area contributed by atoms with E-state index in [1.165, 1.54) is 24.8 Å². The Bertz CT molecular complexity index is 539. The number of rotatable bonds is 4. The van der Waals surface area contributed by atoms with Crippen molar-refractivity contribution in [1.82, 2.24) is 4.90 Å². The van der Waals surface area contributed by atoms with E-state index in [1.807, 2.05) is 31.2 Å². The maximum atomic E-state index is 11.8. The number of amides is 1. The fraction of sp³-hybridized carbons (Fsp3) is 0.471. The smallest absolute Gasteiger partial charge is 0.414 e. The van der Waals surface area contributed by atoms with Crippen molar-refractivity contribution >= 4 is 23.5 Å². The Morgan fingerprint density at radius 3 is 2.04 bits per heavy atom. The Hall–Kier alpha value is -2.41. The number of aliphatic carboxylic acids is 2. The maximum Gasteiger partial charge on any atom is 0.414 e. The molecule has 0 saturated carbocycles. The number of benzene rings is 1. The molecule has 1 aromatic carbocycles. The van der Waals surface area contributed by atoms with Crippen molar-refractivity contribution in [2.24, 2.45) is 0 Å². The number of piperidine rings is 1. The molecular formula is C17H24N2O5. The van der Waals surface area contributed by atoms with Crippen LogP contribution in [-0.4, -0.2) is 52.6 Å². The van der Waals surface area contributed by atoms with E-state index in [2.05, 4.69) is 10.2 Å². The molecule has 0 aromatic heterocycles. The number of hydrogen-bond acceptors (Lipinski definition) is 4. The molecule has 0 unspecified atom stereocenters. The summed E-state index contributed by atoms with van der Waals surface area (Å²) in [5.74, 6) is -3.53. The Morgan fingerprint density at radius 2 is 1.54 bits per heavy atom. The minimum Gasteiger partial charge on any atom is -0.473 e. The molecule has 0 aliphatic carbocycles. The normalized spacial score (nSPS) is 14.2.